The molecule has 0 atom stereocenters. The molecule has 2 aliphatic carbocycles. The zero-order valence-corrected chi connectivity index (χ0v) is 10.5. The molecule has 3 heteroatoms. The first-order chi connectivity index (χ1) is 7.88. The van der Waals surface area contributed by atoms with Gasteiger partial charge < -0.3 is 10.6 Å². The highest BCUT2D eigenvalue weighted by Crippen LogP contribution is 2.33. The van der Waals surface area contributed by atoms with Crippen molar-refractivity contribution in [3.63, 3.8) is 0 Å². The zero-order chi connectivity index (χ0) is 11.2. The summed E-state index contributed by atoms with van der Waals surface area (Å²) in [6, 6.07) is 0. The molecule has 0 aromatic rings. The minimum Gasteiger partial charge on any atom is -0.357 e. The van der Waals surface area contributed by atoms with Crippen molar-refractivity contribution >= 4 is 5.96 Å². The Morgan fingerprint density at radius 3 is 2.50 bits per heavy atom. The molecule has 0 aliphatic heterocycles. The van der Waals surface area contributed by atoms with Crippen LogP contribution in [0.25, 0.3) is 0 Å². The number of aliphatic imine (C=N–C) groups is 1. The van der Waals surface area contributed by atoms with Crippen LogP contribution in [0.3, 0.4) is 0 Å². The highest BCUT2D eigenvalue weighted by atomic mass is 15.2. The number of hydrogen-bond donors (Lipinski definition) is 2. The lowest BCUT2D eigenvalue weighted by Crippen LogP contribution is -2.38. The molecule has 0 aromatic heterocycles. The lowest BCUT2D eigenvalue weighted by Gasteiger charge is -2.10. The molecule has 2 aliphatic rings. The number of rotatable bonds is 7. The Bertz CT molecular complexity index is 229. The van der Waals surface area contributed by atoms with E-state index in [1.54, 1.807) is 0 Å². The van der Waals surface area contributed by atoms with E-state index >= 15 is 0 Å². The minimum atomic E-state index is 0.877. The van der Waals surface area contributed by atoms with Crippen molar-refractivity contribution in [3.8, 4) is 0 Å². The summed E-state index contributed by atoms with van der Waals surface area (Å²) in [6.07, 6.45) is 8.38. The molecule has 2 saturated carbocycles. The lowest BCUT2D eigenvalue weighted by molar-refractivity contribution is 0.644. The van der Waals surface area contributed by atoms with Gasteiger partial charge in [-0.05, 0) is 44.4 Å². The van der Waals surface area contributed by atoms with Gasteiger partial charge in [-0.2, -0.15) is 0 Å². The summed E-state index contributed by atoms with van der Waals surface area (Å²) in [5, 5.41) is 6.73. The molecule has 16 heavy (non-hydrogen) atoms. The van der Waals surface area contributed by atoms with E-state index < -0.39 is 0 Å². The van der Waals surface area contributed by atoms with Gasteiger partial charge in [0.1, 0.15) is 0 Å². The van der Waals surface area contributed by atoms with E-state index in [0.717, 1.165) is 37.4 Å². The number of hydrogen-bond acceptors (Lipinski definition) is 1. The highest BCUT2D eigenvalue weighted by Gasteiger charge is 2.21. The fourth-order valence-corrected chi connectivity index (χ4v) is 1.87. The van der Waals surface area contributed by atoms with Crippen LogP contribution >= 0.6 is 0 Å². The Morgan fingerprint density at radius 1 is 1.12 bits per heavy atom. The first-order valence-electron chi connectivity index (χ1n) is 6.90. The number of guanidine groups is 1. The van der Waals surface area contributed by atoms with Crippen molar-refractivity contribution in [2.24, 2.45) is 16.8 Å². The summed E-state index contributed by atoms with van der Waals surface area (Å²) in [5.41, 5.74) is 0. The fraction of sp³-hybridized carbons (Fsp3) is 0.923. The van der Waals surface area contributed by atoms with Gasteiger partial charge in [0.15, 0.2) is 5.96 Å². The third kappa shape index (κ3) is 4.86. The van der Waals surface area contributed by atoms with Crippen LogP contribution in [-0.4, -0.2) is 25.6 Å². The lowest BCUT2D eigenvalue weighted by atomic mass is 10.2. The zero-order valence-electron chi connectivity index (χ0n) is 10.5. The summed E-state index contributed by atoms with van der Waals surface area (Å²) in [4.78, 5) is 4.60. The maximum atomic E-state index is 4.60. The maximum absolute atomic E-state index is 4.60. The number of nitrogens with zero attached hydrogens (tertiary/aromatic N) is 1. The van der Waals surface area contributed by atoms with Crippen molar-refractivity contribution in [2.45, 2.75) is 45.4 Å². The quantitative estimate of drug-likeness (QED) is 0.394. The molecule has 0 radical (unpaired) electrons. The standard InChI is InChI=1S/C13H25N3/c1-2-14-13(16-10-12-7-8-12)15-9-3-4-11-5-6-11/h11-12H,2-10H2,1H3,(H2,14,15,16). The second-order valence-electron chi connectivity index (χ2n) is 5.18. The smallest absolute Gasteiger partial charge is 0.191 e. The van der Waals surface area contributed by atoms with E-state index in [1.807, 2.05) is 0 Å². The molecular weight excluding hydrogens is 198 g/mol. The molecule has 2 N–H and O–H groups in total. The molecule has 0 bridgehead atoms. The third-order valence-corrected chi connectivity index (χ3v) is 3.33. The first-order valence-corrected chi connectivity index (χ1v) is 6.90. The van der Waals surface area contributed by atoms with Crippen LogP contribution in [0.1, 0.15) is 45.4 Å². The van der Waals surface area contributed by atoms with Crippen LogP contribution in [0.15, 0.2) is 4.99 Å². The van der Waals surface area contributed by atoms with E-state index in [1.165, 1.54) is 38.5 Å². The Morgan fingerprint density at radius 2 is 1.88 bits per heavy atom. The average Bonchev–Trinajstić information content (AvgIpc) is 3.15. The van der Waals surface area contributed by atoms with Crippen LogP contribution in [0.5, 0.6) is 0 Å². The predicted octanol–water partition coefficient (Wildman–Crippen LogP) is 2.14. The molecule has 92 valence electrons. The van der Waals surface area contributed by atoms with Crippen LogP contribution in [0.4, 0.5) is 0 Å². The molecule has 2 rings (SSSR count). The van der Waals surface area contributed by atoms with Crippen LogP contribution in [0.2, 0.25) is 0 Å². The second-order valence-corrected chi connectivity index (χ2v) is 5.18. The van der Waals surface area contributed by atoms with Crippen molar-refractivity contribution in [1.29, 1.82) is 0 Å². The van der Waals surface area contributed by atoms with E-state index in [-0.39, 0.29) is 0 Å². The van der Waals surface area contributed by atoms with Crippen LogP contribution in [0, 0.1) is 11.8 Å². The fourth-order valence-electron chi connectivity index (χ4n) is 1.87. The topological polar surface area (TPSA) is 36.4 Å². The molecule has 0 aromatic carbocycles. The molecule has 0 saturated heterocycles. The van der Waals surface area contributed by atoms with Gasteiger partial charge >= 0.3 is 0 Å². The summed E-state index contributed by atoms with van der Waals surface area (Å²) >= 11 is 0. The molecule has 3 nitrogen and oxygen atoms in total. The Kier molecular flexibility index (Phi) is 4.49. The number of nitrogens with one attached hydrogen (secondary N) is 2. The minimum absolute atomic E-state index is 0.877. The van der Waals surface area contributed by atoms with E-state index in [9.17, 15) is 0 Å². The molecule has 2 fully saturated rings. The van der Waals surface area contributed by atoms with Gasteiger partial charge in [-0.15, -0.1) is 0 Å². The Labute approximate surface area is 99.1 Å². The van der Waals surface area contributed by atoms with Gasteiger partial charge in [0.05, 0.1) is 0 Å². The average molecular weight is 223 g/mol. The summed E-state index contributed by atoms with van der Waals surface area (Å²) in [6.45, 7) is 5.17. The maximum Gasteiger partial charge on any atom is 0.191 e. The summed E-state index contributed by atoms with van der Waals surface area (Å²) in [7, 11) is 0. The van der Waals surface area contributed by atoms with E-state index in [2.05, 4.69) is 22.5 Å². The Hall–Kier alpha value is -0.730. The van der Waals surface area contributed by atoms with Crippen molar-refractivity contribution in [1.82, 2.24) is 10.6 Å². The van der Waals surface area contributed by atoms with Crippen LogP contribution < -0.4 is 10.6 Å². The molecule has 0 amide bonds. The van der Waals surface area contributed by atoms with Crippen LogP contribution in [-0.2, 0) is 0 Å². The normalized spacial score (nSPS) is 20.9. The van der Waals surface area contributed by atoms with Gasteiger partial charge in [-0.3, -0.25) is 4.99 Å². The van der Waals surface area contributed by atoms with Gasteiger partial charge in [-0.25, -0.2) is 0 Å². The van der Waals surface area contributed by atoms with Gasteiger partial charge in [0.2, 0.25) is 0 Å². The first kappa shape index (κ1) is 11.7. The largest absolute Gasteiger partial charge is 0.357 e. The highest BCUT2D eigenvalue weighted by molar-refractivity contribution is 5.79. The molecule has 0 heterocycles. The van der Waals surface area contributed by atoms with Crippen molar-refractivity contribution in [3.05, 3.63) is 0 Å². The SMILES string of the molecule is CCNC(=NCC1CC1)NCCCC1CC1. The van der Waals surface area contributed by atoms with Gasteiger partial charge in [0, 0.05) is 19.6 Å². The van der Waals surface area contributed by atoms with E-state index in [0.29, 0.717) is 0 Å². The molecular formula is C13H25N3. The predicted molar refractivity (Wildman–Crippen MR) is 68.7 cm³/mol. The van der Waals surface area contributed by atoms with Gasteiger partial charge in [-0.1, -0.05) is 12.8 Å². The Balaban J connectivity index is 1.57. The van der Waals surface area contributed by atoms with Crippen molar-refractivity contribution < 1.29 is 0 Å². The monoisotopic (exact) mass is 223 g/mol. The molecule has 0 unspecified atom stereocenters. The van der Waals surface area contributed by atoms with Gasteiger partial charge in [0.25, 0.3) is 0 Å². The van der Waals surface area contributed by atoms with E-state index in [4.69, 9.17) is 0 Å². The second kappa shape index (κ2) is 6.12. The third-order valence-electron chi connectivity index (χ3n) is 3.33. The summed E-state index contributed by atoms with van der Waals surface area (Å²) < 4.78 is 0. The van der Waals surface area contributed by atoms with Crippen molar-refractivity contribution in [2.75, 3.05) is 19.6 Å². The summed E-state index contributed by atoms with van der Waals surface area (Å²) in [5.74, 6) is 2.94. The molecule has 0 spiro atoms.